The van der Waals surface area contributed by atoms with Crippen LogP contribution < -0.4 is 14.4 Å². The van der Waals surface area contributed by atoms with Gasteiger partial charge in [0.15, 0.2) is 11.5 Å². The first kappa shape index (κ1) is 24.4. The van der Waals surface area contributed by atoms with Crippen LogP contribution in [0.15, 0.2) is 66.2 Å². The summed E-state index contributed by atoms with van der Waals surface area (Å²) in [5.41, 5.74) is 3.37. The molecule has 1 amide bonds. The molecule has 180 valence electrons. The number of rotatable bonds is 6. The van der Waals surface area contributed by atoms with Gasteiger partial charge in [-0.3, -0.25) is 14.5 Å². The minimum atomic E-state index is -0.889. The molecule has 1 aliphatic heterocycles. The largest absolute Gasteiger partial charge is 0.507 e. The van der Waals surface area contributed by atoms with E-state index in [4.69, 9.17) is 21.1 Å². The summed E-state index contributed by atoms with van der Waals surface area (Å²) < 4.78 is 11.2. The van der Waals surface area contributed by atoms with Crippen LogP contribution in [0.1, 0.15) is 35.2 Å². The van der Waals surface area contributed by atoms with Gasteiger partial charge in [0.05, 0.1) is 25.3 Å². The topological polar surface area (TPSA) is 76.1 Å². The van der Waals surface area contributed by atoms with Gasteiger partial charge in [-0.15, -0.1) is 0 Å². The standard InChI is InChI=1S/C28H26ClNO5/c1-5-35-23-15-18(9-10-22(23)34-4)25-24(26(31)19-7-6-8-20(29)14-19)27(32)28(33)30(25)21-12-16(2)11-17(3)13-21/h6-15,25,31H,5H2,1-4H3/b26-24-. The molecule has 3 aromatic carbocycles. The van der Waals surface area contributed by atoms with Crippen LogP contribution in [0.5, 0.6) is 11.5 Å². The van der Waals surface area contributed by atoms with E-state index < -0.39 is 17.7 Å². The van der Waals surface area contributed by atoms with Crippen molar-refractivity contribution in [3.8, 4) is 11.5 Å². The quantitative estimate of drug-likeness (QED) is 0.260. The summed E-state index contributed by atoms with van der Waals surface area (Å²) >= 11 is 6.14. The second-order valence-corrected chi connectivity index (χ2v) is 8.81. The highest BCUT2D eigenvalue weighted by Gasteiger charge is 2.47. The molecule has 0 aliphatic carbocycles. The zero-order valence-corrected chi connectivity index (χ0v) is 20.7. The third-order valence-corrected chi connectivity index (χ3v) is 6.07. The molecule has 1 saturated heterocycles. The molecule has 1 atom stereocenters. The van der Waals surface area contributed by atoms with E-state index >= 15 is 0 Å². The Bertz CT molecular complexity index is 1330. The maximum Gasteiger partial charge on any atom is 0.300 e. The number of carbonyl (C=O) groups is 2. The van der Waals surface area contributed by atoms with Crippen LogP contribution in [0.2, 0.25) is 5.02 Å². The van der Waals surface area contributed by atoms with E-state index in [0.717, 1.165) is 11.1 Å². The van der Waals surface area contributed by atoms with Gasteiger partial charge in [0.25, 0.3) is 11.7 Å². The Morgan fingerprint density at radius 2 is 1.71 bits per heavy atom. The monoisotopic (exact) mass is 491 g/mol. The molecule has 0 aromatic heterocycles. The summed E-state index contributed by atoms with van der Waals surface area (Å²) in [6, 6.07) is 16.5. The summed E-state index contributed by atoms with van der Waals surface area (Å²) in [7, 11) is 1.54. The van der Waals surface area contributed by atoms with Gasteiger partial charge >= 0.3 is 0 Å². The van der Waals surface area contributed by atoms with Crippen molar-refractivity contribution in [1.29, 1.82) is 0 Å². The Kier molecular flexibility index (Phi) is 6.85. The Hall–Kier alpha value is -3.77. The molecular weight excluding hydrogens is 466 g/mol. The van der Waals surface area contributed by atoms with Crippen molar-refractivity contribution in [2.75, 3.05) is 18.6 Å². The van der Waals surface area contributed by atoms with Crippen LogP contribution in [-0.4, -0.2) is 30.5 Å². The minimum Gasteiger partial charge on any atom is -0.507 e. The van der Waals surface area contributed by atoms with E-state index in [2.05, 4.69) is 0 Å². The molecule has 0 spiro atoms. The molecule has 1 aliphatic rings. The van der Waals surface area contributed by atoms with Gasteiger partial charge in [-0.2, -0.15) is 0 Å². The molecule has 35 heavy (non-hydrogen) atoms. The number of amides is 1. The van der Waals surface area contributed by atoms with Crippen molar-refractivity contribution < 1.29 is 24.2 Å². The van der Waals surface area contributed by atoms with Crippen molar-refractivity contribution in [3.05, 3.63) is 93.5 Å². The molecule has 6 nitrogen and oxygen atoms in total. The van der Waals surface area contributed by atoms with Crippen LogP contribution >= 0.6 is 11.6 Å². The van der Waals surface area contributed by atoms with Crippen LogP contribution in [0, 0.1) is 13.8 Å². The lowest BCUT2D eigenvalue weighted by atomic mass is 9.94. The van der Waals surface area contributed by atoms with Crippen molar-refractivity contribution in [2.24, 2.45) is 0 Å². The summed E-state index contributed by atoms with van der Waals surface area (Å²) in [6.07, 6.45) is 0. The van der Waals surface area contributed by atoms with E-state index in [1.807, 2.05) is 39.0 Å². The summed E-state index contributed by atoms with van der Waals surface area (Å²) in [4.78, 5) is 28.2. The van der Waals surface area contributed by atoms with E-state index in [-0.39, 0.29) is 11.3 Å². The molecule has 1 unspecified atom stereocenters. The van der Waals surface area contributed by atoms with Crippen molar-refractivity contribution in [2.45, 2.75) is 26.8 Å². The van der Waals surface area contributed by atoms with Crippen LogP contribution in [0.25, 0.3) is 5.76 Å². The van der Waals surface area contributed by atoms with Gasteiger partial charge in [0.2, 0.25) is 0 Å². The number of aliphatic hydroxyl groups is 1. The zero-order chi connectivity index (χ0) is 25.3. The minimum absolute atomic E-state index is 0.0240. The summed E-state index contributed by atoms with van der Waals surface area (Å²) in [5.74, 6) is -0.802. The SMILES string of the molecule is CCOc1cc(C2/C(=C(/O)c3cccc(Cl)c3)C(=O)C(=O)N2c2cc(C)cc(C)c2)ccc1OC. The van der Waals surface area contributed by atoms with E-state index in [9.17, 15) is 14.7 Å². The normalized spacial score (nSPS) is 17.1. The lowest BCUT2D eigenvalue weighted by molar-refractivity contribution is -0.132. The van der Waals surface area contributed by atoms with Gasteiger partial charge < -0.3 is 14.6 Å². The fourth-order valence-electron chi connectivity index (χ4n) is 4.43. The van der Waals surface area contributed by atoms with E-state index in [0.29, 0.717) is 39.9 Å². The van der Waals surface area contributed by atoms with Crippen LogP contribution in [0.3, 0.4) is 0 Å². The highest BCUT2D eigenvalue weighted by atomic mass is 35.5. The molecule has 7 heteroatoms. The highest BCUT2D eigenvalue weighted by molar-refractivity contribution is 6.51. The molecule has 1 N–H and O–H groups in total. The van der Waals surface area contributed by atoms with Crippen LogP contribution in [-0.2, 0) is 9.59 Å². The van der Waals surface area contributed by atoms with Gasteiger partial charge in [0.1, 0.15) is 5.76 Å². The van der Waals surface area contributed by atoms with Crippen LogP contribution in [0.4, 0.5) is 5.69 Å². The molecule has 3 aromatic rings. The number of hydrogen-bond donors (Lipinski definition) is 1. The number of ether oxygens (including phenoxy) is 2. The summed E-state index contributed by atoms with van der Waals surface area (Å²) in [6.45, 7) is 6.11. The lowest BCUT2D eigenvalue weighted by Crippen LogP contribution is -2.29. The third kappa shape index (κ3) is 4.62. The fraction of sp³-hybridized carbons (Fsp3) is 0.214. The average molecular weight is 492 g/mol. The van der Waals surface area contributed by atoms with Gasteiger partial charge in [-0.1, -0.05) is 35.9 Å². The Balaban J connectivity index is 1.99. The Labute approximate surface area is 209 Å². The zero-order valence-electron chi connectivity index (χ0n) is 20.0. The number of benzene rings is 3. The number of halogens is 1. The van der Waals surface area contributed by atoms with E-state index in [1.54, 1.807) is 42.5 Å². The molecule has 1 heterocycles. The number of aryl methyl sites for hydroxylation is 2. The number of hydrogen-bond acceptors (Lipinski definition) is 5. The smallest absolute Gasteiger partial charge is 0.300 e. The third-order valence-electron chi connectivity index (χ3n) is 5.83. The van der Waals surface area contributed by atoms with Crippen molar-refractivity contribution in [3.63, 3.8) is 0 Å². The number of aliphatic hydroxyl groups excluding tert-OH is 1. The fourth-order valence-corrected chi connectivity index (χ4v) is 4.62. The molecular formula is C28H26ClNO5. The highest BCUT2D eigenvalue weighted by Crippen LogP contribution is 2.44. The van der Waals surface area contributed by atoms with E-state index in [1.165, 1.54) is 12.0 Å². The number of Topliss-reactive ketones (excluding diaryl/α,β-unsaturated/α-hetero) is 1. The first-order chi connectivity index (χ1) is 16.7. The second kappa shape index (κ2) is 9.84. The predicted octanol–water partition coefficient (Wildman–Crippen LogP) is 5.99. The molecule has 0 saturated carbocycles. The Morgan fingerprint density at radius 3 is 2.34 bits per heavy atom. The second-order valence-electron chi connectivity index (χ2n) is 8.37. The maximum absolute atomic E-state index is 13.4. The Morgan fingerprint density at radius 1 is 1.00 bits per heavy atom. The number of ketones is 1. The van der Waals surface area contributed by atoms with Gasteiger partial charge in [0, 0.05) is 16.3 Å². The predicted molar refractivity (Wildman–Crippen MR) is 136 cm³/mol. The summed E-state index contributed by atoms with van der Waals surface area (Å²) in [5, 5.41) is 11.7. The van der Waals surface area contributed by atoms with Gasteiger partial charge in [-0.05, 0) is 73.9 Å². The molecule has 1 fully saturated rings. The molecule has 4 rings (SSSR count). The number of methoxy groups -OCH3 is 1. The lowest BCUT2D eigenvalue weighted by Gasteiger charge is -2.26. The first-order valence-electron chi connectivity index (χ1n) is 11.2. The molecule has 0 bridgehead atoms. The number of carbonyl (C=O) groups excluding carboxylic acids is 2. The number of nitrogens with zero attached hydrogens (tertiary/aromatic N) is 1. The maximum atomic E-state index is 13.4. The average Bonchev–Trinajstić information content (AvgIpc) is 3.08. The van der Waals surface area contributed by atoms with Crippen molar-refractivity contribution >= 4 is 34.7 Å². The van der Waals surface area contributed by atoms with Crippen molar-refractivity contribution in [1.82, 2.24) is 0 Å². The molecule has 0 radical (unpaired) electrons. The first-order valence-corrected chi connectivity index (χ1v) is 11.6. The van der Waals surface area contributed by atoms with Gasteiger partial charge in [-0.25, -0.2) is 0 Å². The number of anilines is 1.